The van der Waals surface area contributed by atoms with Crippen molar-refractivity contribution in [3.63, 3.8) is 0 Å². The number of aromatic hydroxyl groups is 1. The predicted octanol–water partition coefficient (Wildman–Crippen LogP) is 2.77. The molecule has 0 amide bonds. The van der Waals surface area contributed by atoms with E-state index in [2.05, 4.69) is 0 Å². The Hall–Kier alpha value is -2.49. The number of para-hydroxylation sites is 1. The molecule has 2 rings (SSSR count). The van der Waals surface area contributed by atoms with Gasteiger partial charge in [0, 0.05) is 11.1 Å². The minimum Gasteiger partial charge on any atom is -0.507 e. The van der Waals surface area contributed by atoms with E-state index in [0.717, 1.165) is 0 Å². The maximum absolute atomic E-state index is 10.9. The Morgan fingerprint density at radius 3 is 2.50 bits per heavy atom. The first kappa shape index (κ1) is 12.0. The number of carboxylic acids is 1. The van der Waals surface area contributed by atoms with E-state index in [1.807, 2.05) is 0 Å². The molecule has 2 aromatic carbocycles. The summed E-state index contributed by atoms with van der Waals surface area (Å²) in [6.45, 7) is 0. The second-order valence-corrected chi connectivity index (χ2v) is 3.74. The van der Waals surface area contributed by atoms with Gasteiger partial charge in [-0.3, -0.25) is 0 Å². The first-order valence-electron chi connectivity index (χ1n) is 5.33. The Kier molecular flexibility index (Phi) is 3.19. The lowest BCUT2D eigenvalue weighted by Crippen LogP contribution is -1.96. The fourth-order valence-corrected chi connectivity index (χ4v) is 1.75. The van der Waals surface area contributed by atoms with E-state index in [-0.39, 0.29) is 11.3 Å². The normalized spacial score (nSPS) is 10.1. The van der Waals surface area contributed by atoms with Gasteiger partial charge in [0.2, 0.25) is 0 Å². The molecule has 0 unspecified atom stereocenters. The maximum Gasteiger partial charge on any atom is 0.335 e. The highest BCUT2D eigenvalue weighted by molar-refractivity contribution is 5.91. The lowest BCUT2D eigenvalue weighted by molar-refractivity contribution is 0.0697. The highest BCUT2D eigenvalue weighted by Crippen LogP contribution is 2.36. The zero-order chi connectivity index (χ0) is 13.1. The zero-order valence-electron chi connectivity index (χ0n) is 9.75. The van der Waals surface area contributed by atoms with Gasteiger partial charge in [-0.25, -0.2) is 4.79 Å². The summed E-state index contributed by atoms with van der Waals surface area (Å²) in [6.07, 6.45) is 0. The van der Waals surface area contributed by atoms with Crippen LogP contribution in [0.25, 0.3) is 11.1 Å². The first-order chi connectivity index (χ1) is 8.63. The van der Waals surface area contributed by atoms with Crippen molar-refractivity contribution >= 4 is 5.97 Å². The second kappa shape index (κ2) is 4.79. The van der Waals surface area contributed by atoms with Crippen molar-refractivity contribution in [3.05, 3.63) is 48.0 Å². The van der Waals surface area contributed by atoms with E-state index < -0.39 is 5.97 Å². The Morgan fingerprint density at radius 1 is 1.11 bits per heavy atom. The van der Waals surface area contributed by atoms with Crippen LogP contribution in [0.2, 0.25) is 0 Å². The highest BCUT2D eigenvalue weighted by Gasteiger charge is 2.12. The Balaban J connectivity index is 2.62. The second-order valence-electron chi connectivity index (χ2n) is 3.74. The lowest BCUT2D eigenvalue weighted by atomic mass is 10.0. The molecule has 92 valence electrons. The molecule has 0 bridgehead atoms. The fourth-order valence-electron chi connectivity index (χ4n) is 1.75. The lowest BCUT2D eigenvalue weighted by Gasteiger charge is -2.10. The molecule has 0 aromatic heterocycles. The minimum atomic E-state index is -1.04. The third-order valence-electron chi connectivity index (χ3n) is 2.64. The molecular weight excluding hydrogens is 232 g/mol. The number of carboxylic acid groups (broad SMARTS) is 1. The van der Waals surface area contributed by atoms with Gasteiger partial charge in [0.25, 0.3) is 0 Å². The predicted molar refractivity (Wildman–Crippen MR) is 67.1 cm³/mol. The number of benzene rings is 2. The molecule has 0 fully saturated rings. The summed E-state index contributed by atoms with van der Waals surface area (Å²) in [5, 5.41) is 18.8. The zero-order valence-corrected chi connectivity index (χ0v) is 9.75. The van der Waals surface area contributed by atoms with Gasteiger partial charge in [0.1, 0.15) is 11.5 Å². The largest absolute Gasteiger partial charge is 0.507 e. The molecule has 18 heavy (non-hydrogen) atoms. The SMILES string of the molecule is COc1ccccc1-c1cc(C(=O)O)ccc1O. The summed E-state index contributed by atoms with van der Waals surface area (Å²) in [6, 6.07) is 11.3. The summed E-state index contributed by atoms with van der Waals surface area (Å²) in [5.74, 6) is -0.439. The minimum absolute atomic E-state index is 0.0181. The van der Waals surface area contributed by atoms with Crippen molar-refractivity contribution in [2.75, 3.05) is 7.11 Å². The van der Waals surface area contributed by atoms with Crippen molar-refractivity contribution in [1.82, 2.24) is 0 Å². The highest BCUT2D eigenvalue weighted by atomic mass is 16.5. The van der Waals surface area contributed by atoms with Gasteiger partial charge in [-0.05, 0) is 24.3 Å². The van der Waals surface area contributed by atoms with Crippen molar-refractivity contribution in [1.29, 1.82) is 0 Å². The third-order valence-corrected chi connectivity index (χ3v) is 2.64. The molecule has 0 atom stereocenters. The van der Waals surface area contributed by atoms with E-state index in [1.165, 1.54) is 25.3 Å². The van der Waals surface area contributed by atoms with Crippen LogP contribution in [0.5, 0.6) is 11.5 Å². The molecule has 0 spiro atoms. The van der Waals surface area contributed by atoms with Crippen LogP contribution in [0.3, 0.4) is 0 Å². The average Bonchev–Trinajstić information content (AvgIpc) is 2.39. The van der Waals surface area contributed by atoms with Crippen LogP contribution in [0.4, 0.5) is 0 Å². The van der Waals surface area contributed by atoms with Crippen LogP contribution in [-0.4, -0.2) is 23.3 Å². The summed E-state index contributed by atoms with van der Waals surface area (Å²) in [7, 11) is 1.52. The van der Waals surface area contributed by atoms with Gasteiger partial charge in [-0.1, -0.05) is 18.2 Å². The van der Waals surface area contributed by atoms with E-state index in [4.69, 9.17) is 9.84 Å². The van der Waals surface area contributed by atoms with Crippen LogP contribution in [-0.2, 0) is 0 Å². The standard InChI is InChI=1S/C14H12O4/c1-18-13-5-3-2-4-10(13)11-8-9(14(16)17)6-7-12(11)15/h2-8,15H,1H3,(H,16,17). The average molecular weight is 244 g/mol. The molecule has 0 aliphatic carbocycles. The number of ether oxygens (including phenoxy) is 1. The van der Waals surface area contributed by atoms with Crippen molar-refractivity contribution < 1.29 is 19.7 Å². The van der Waals surface area contributed by atoms with Gasteiger partial charge in [-0.15, -0.1) is 0 Å². The third kappa shape index (κ3) is 2.13. The van der Waals surface area contributed by atoms with Crippen LogP contribution in [0, 0.1) is 0 Å². The monoisotopic (exact) mass is 244 g/mol. The summed E-state index contributed by atoms with van der Waals surface area (Å²) < 4.78 is 5.20. The van der Waals surface area contributed by atoms with Gasteiger partial charge < -0.3 is 14.9 Å². The molecule has 0 radical (unpaired) electrons. The molecule has 4 nitrogen and oxygen atoms in total. The summed E-state index contributed by atoms with van der Waals surface area (Å²) in [5.41, 5.74) is 1.21. The Bertz CT molecular complexity index is 590. The number of hydrogen-bond donors (Lipinski definition) is 2. The molecular formula is C14H12O4. The van der Waals surface area contributed by atoms with Crippen LogP contribution in [0.15, 0.2) is 42.5 Å². The van der Waals surface area contributed by atoms with Crippen molar-refractivity contribution in [2.24, 2.45) is 0 Å². The molecule has 0 saturated heterocycles. The van der Waals surface area contributed by atoms with Crippen molar-refractivity contribution in [3.8, 4) is 22.6 Å². The van der Waals surface area contributed by atoms with Crippen LogP contribution >= 0.6 is 0 Å². The van der Waals surface area contributed by atoms with Gasteiger partial charge in [0.05, 0.1) is 12.7 Å². The van der Waals surface area contributed by atoms with Gasteiger partial charge in [0.15, 0.2) is 0 Å². The number of aromatic carboxylic acids is 1. The number of phenolic OH excluding ortho intramolecular Hbond substituents is 1. The van der Waals surface area contributed by atoms with Crippen LogP contribution in [0.1, 0.15) is 10.4 Å². The molecule has 0 heterocycles. The molecule has 2 N–H and O–H groups in total. The van der Waals surface area contributed by atoms with E-state index in [0.29, 0.717) is 16.9 Å². The summed E-state index contributed by atoms with van der Waals surface area (Å²) in [4.78, 5) is 10.9. The van der Waals surface area contributed by atoms with Gasteiger partial charge in [-0.2, -0.15) is 0 Å². The number of methoxy groups -OCH3 is 1. The summed E-state index contributed by atoms with van der Waals surface area (Å²) >= 11 is 0. The Morgan fingerprint density at radius 2 is 1.83 bits per heavy atom. The Labute approximate surface area is 104 Å². The van der Waals surface area contributed by atoms with Crippen molar-refractivity contribution in [2.45, 2.75) is 0 Å². The molecule has 4 heteroatoms. The molecule has 0 saturated carbocycles. The smallest absolute Gasteiger partial charge is 0.335 e. The first-order valence-corrected chi connectivity index (χ1v) is 5.33. The van der Waals surface area contributed by atoms with E-state index in [9.17, 15) is 9.90 Å². The molecule has 0 aliphatic rings. The van der Waals surface area contributed by atoms with E-state index >= 15 is 0 Å². The quantitative estimate of drug-likeness (QED) is 0.871. The van der Waals surface area contributed by atoms with Gasteiger partial charge >= 0.3 is 5.97 Å². The molecule has 0 aliphatic heterocycles. The number of rotatable bonds is 3. The topological polar surface area (TPSA) is 66.8 Å². The number of phenols is 1. The van der Waals surface area contributed by atoms with E-state index in [1.54, 1.807) is 24.3 Å². The fraction of sp³-hybridized carbons (Fsp3) is 0.0714. The number of carbonyl (C=O) groups is 1. The molecule has 2 aromatic rings. The maximum atomic E-state index is 10.9. The van der Waals surface area contributed by atoms with Crippen LogP contribution < -0.4 is 4.74 Å². The number of hydrogen-bond acceptors (Lipinski definition) is 3.